The van der Waals surface area contributed by atoms with Gasteiger partial charge < -0.3 is 14.4 Å². The maximum absolute atomic E-state index is 11.3. The Hall–Kier alpha value is -1.56. The lowest BCUT2D eigenvalue weighted by Crippen LogP contribution is -2.41. The number of methoxy groups -OCH3 is 1. The van der Waals surface area contributed by atoms with E-state index >= 15 is 0 Å². The van der Waals surface area contributed by atoms with Gasteiger partial charge in [-0.3, -0.25) is 0 Å². The maximum Gasteiger partial charge on any atom is 0.409 e. The minimum Gasteiger partial charge on any atom is -0.474 e. The van der Waals surface area contributed by atoms with E-state index in [1.54, 1.807) is 11.0 Å². The van der Waals surface area contributed by atoms with Gasteiger partial charge in [0.1, 0.15) is 17.6 Å². The minimum atomic E-state index is -0.293. The highest BCUT2D eigenvalue weighted by atomic mass is 35.5. The van der Waals surface area contributed by atoms with Crippen LogP contribution in [0.1, 0.15) is 12.8 Å². The van der Waals surface area contributed by atoms with Crippen LogP contribution in [0.15, 0.2) is 12.4 Å². The molecule has 0 spiro atoms. The van der Waals surface area contributed by atoms with Crippen molar-refractivity contribution in [1.29, 1.82) is 0 Å². The van der Waals surface area contributed by atoms with Gasteiger partial charge in [0.05, 0.1) is 7.11 Å². The van der Waals surface area contributed by atoms with Crippen molar-refractivity contribution in [3.8, 4) is 5.88 Å². The molecule has 0 aromatic carbocycles. The third kappa shape index (κ3) is 3.22. The van der Waals surface area contributed by atoms with Gasteiger partial charge in [-0.25, -0.2) is 14.8 Å². The van der Waals surface area contributed by atoms with Crippen molar-refractivity contribution in [3.63, 3.8) is 0 Å². The summed E-state index contributed by atoms with van der Waals surface area (Å²) in [7, 11) is 1.38. The number of ether oxygens (including phenoxy) is 2. The number of hydrogen-bond acceptors (Lipinski definition) is 5. The lowest BCUT2D eigenvalue weighted by molar-refractivity contribution is 0.0771. The molecule has 1 aromatic heterocycles. The molecule has 1 aliphatic heterocycles. The Morgan fingerprint density at radius 1 is 1.44 bits per heavy atom. The number of nitrogens with zero attached hydrogens (tertiary/aromatic N) is 3. The summed E-state index contributed by atoms with van der Waals surface area (Å²) in [4.78, 5) is 20.7. The zero-order chi connectivity index (χ0) is 13.0. The molecule has 0 bridgehead atoms. The van der Waals surface area contributed by atoms with E-state index in [0.29, 0.717) is 24.1 Å². The van der Waals surface area contributed by atoms with E-state index in [9.17, 15) is 4.79 Å². The smallest absolute Gasteiger partial charge is 0.409 e. The number of halogens is 1. The van der Waals surface area contributed by atoms with Gasteiger partial charge in [0.15, 0.2) is 0 Å². The first kappa shape index (κ1) is 12.9. The first-order chi connectivity index (χ1) is 8.69. The fourth-order valence-electron chi connectivity index (χ4n) is 1.84. The third-order valence-electron chi connectivity index (χ3n) is 2.77. The van der Waals surface area contributed by atoms with E-state index in [4.69, 9.17) is 16.3 Å². The van der Waals surface area contributed by atoms with Crippen molar-refractivity contribution < 1.29 is 14.3 Å². The number of likely N-dealkylation sites (tertiary alicyclic amines) is 1. The zero-order valence-electron chi connectivity index (χ0n) is 10.0. The Bertz CT molecular complexity index is 422. The summed E-state index contributed by atoms with van der Waals surface area (Å²) in [5, 5.41) is 0.354. The molecule has 0 unspecified atom stereocenters. The quantitative estimate of drug-likeness (QED) is 0.767. The number of piperidine rings is 1. The highest BCUT2D eigenvalue weighted by Crippen LogP contribution is 2.18. The summed E-state index contributed by atoms with van der Waals surface area (Å²) in [6.45, 7) is 1.24. The standard InChI is InChI=1S/C11H14ClN3O3/c1-17-11(16)15-4-2-8(3-5-15)18-10-6-9(12)13-7-14-10/h6-8H,2-5H2,1H3. The first-order valence-electron chi connectivity index (χ1n) is 5.66. The molecule has 2 heterocycles. The van der Waals surface area contributed by atoms with E-state index in [2.05, 4.69) is 14.7 Å². The second-order valence-electron chi connectivity index (χ2n) is 3.95. The van der Waals surface area contributed by atoms with Crippen LogP contribution >= 0.6 is 11.6 Å². The number of amides is 1. The van der Waals surface area contributed by atoms with Crippen LogP contribution in [0, 0.1) is 0 Å². The first-order valence-corrected chi connectivity index (χ1v) is 6.04. The summed E-state index contributed by atoms with van der Waals surface area (Å²) in [5.41, 5.74) is 0. The normalized spacial score (nSPS) is 16.4. The highest BCUT2D eigenvalue weighted by Gasteiger charge is 2.24. The molecular formula is C11H14ClN3O3. The number of hydrogen-bond donors (Lipinski definition) is 0. The van der Waals surface area contributed by atoms with Gasteiger partial charge in [-0.05, 0) is 0 Å². The van der Waals surface area contributed by atoms with Crippen molar-refractivity contribution in [2.45, 2.75) is 18.9 Å². The van der Waals surface area contributed by atoms with E-state index in [1.807, 2.05) is 0 Å². The monoisotopic (exact) mass is 271 g/mol. The molecule has 18 heavy (non-hydrogen) atoms. The van der Waals surface area contributed by atoms with E-state index in [0.717, 1.165) is 12.8 Å². The molecule has 1 aromatic rings. The molecule has 0 N–H and O–H groups in total. The summed E-state index contributed by atoms with van der Waals surface area (Å²) < 4.78 is 10.4. The number of carbonyl (C=O) groups excluding carboxylic acids is 1. The predicted octanol–water partition coefficient (Wildman–Crippen LogP) is 1.74. The lowest BCUT2D eigenvalue weighted by Gasteiger charge is -2.30. The van der Waals surface area contributed by atoms with Crippen LogP contribution in [-0.2, 0) is 4.74 Å². The molecule has 0 aliphatic carbocycles. The van der Waals surface area contributed by atoms with Crippen molar-refractivity contribution in [3.05, 3.63) is 17.5 Å². The fraction of sp³-hybridized carbons (Fsp3) is 0.545. The predicted molar refractivity (Wildman–Crippen MR) is 64.7 cm³/mol. The second-order valence-corrected chi connectivity index (χ2v) is 4.34. The van der Waals surface area contributed by atoms with Crippen LogP contribution in [-0.4, -0.2) is 47.3 Å². The molecule has 1 amide bonds. The second kappa shape index (κ2) is 5.86. The molecule has 1 saturated heterocycles. The van der Waals surface area contributed by atoms with Gasteiger partial charge in [-0.2, -0.15) is 0 Å². The maximum atomic E-state index is 11.3. The van der Waals surface area contributed by atoms with Gasteiger partial charge in [0, 0.05) is 32.0 Å². The number of carbonyl (C=O) groups is 1. The van der Waals surface area contributed by atoms with Crippen molar-refractivity contribution in [2.24, 2.45) is 0 Å². The van der Waals surface area contributed by atoms with Crippen LogP contribution in [0.5, 0.6) is 5.88 Å². The Balaban J connectivity index is 1.85. The fourth-order valence-corrected chi connectivity index (χ4v) is 1.97. The third-order valence-corrected chi connectivity index (χ3v) is 2.98. The summed E-state index contributed by atoms with van der Waals surface area (Å²) in [5.74, 6) is 0.464. The SMILES string of the molecule is COC(=O)N1CCC(Oc2cc(Cl)ncn2)CC1. The minimum absolute atomic E-state index is 0.0388. The van der Waals surface area contributed by atoms with Gasteiger partial charge in [-0.1, -0.05) is 11.6 Å². The Labute approximate surface area is 110 Å². The molecule has 98 valence electrons. The summed E-state index contributed by atoms with van der Waals surface area (Å²) >= 11 is 5.75. The molecule has 0 radical (unpaired) electrons. The van der Waals surface area contributed by atoms with Crippen LogP contribution in [0.3, 0.4) is 0 Å². The molecule has 6 nitrogen and oxygen atoms in total. The summed E-state index contributed by atoms with van der Waals surface area (Å²) in [6, 6.07) is 1.58. The summed E-state index contributed by atoms with van der Waals surface area (Å²) in [6.07, 6.45) is 2.60. The molecule has 0 saturated carbocycles. The van der Waals surface area contributed by atoms with Gasteiger partial charge in [0.25, 0.3) is 0 Å². The van der Waals surface area contributed by atoms with Crippen molar-refractivity contribution >= 4 is 17.7 Å². The molecule has 2 rings (SSSR count). The van der Waals surface area contributed by atoms with Crippen molar-refractivity contribution in [2.75, 3.05) is 20.2 Å². The van der Waals surface area contributed by atoms with Gasteiger partial charge in [-0.15, -0.1) is 0 Å². The lowest BCUT2D eigenvalue weighted by atomic mass is 10.1. The van der Waals surface area contributed by atoms with Gasteiger partial charge in [0.2, 0.25) is 5.88 Å². The van der Waals surface area contributed by atoms with Crippen LogP contribution in [0.2, 0.25) is 5.15 Å². The molecule has 1 aliphatic rings. The van der Waals surface area contributed by atoms with Crippen molar-refractivity contribution in [1.82, 2.24) is 14.9 Å². The van der Waals surface area contributed by atoms with Crippen LogP contribution < -0.4 is 4.74 Å². The molecule has 7 heteroatoms. The van der Waals surface area contributed by atoms with E-state index in [1.165, 1.54) is 13.4 Å². The largest absolute Gasteiger partial charge is 0.474 e. The van der Waals surface area contributed by atoms with E-state index < -0.39 is 0 Å². The topological polar surface area (TPSA) is 64.5 Å². The average molecular weight is 272 g/mol. The number of rotatable bonds is 2. The molecule has 0 atom stereocenters. The van der Waals surface area contributed by atoms with Gasteiger partial charge >= 0.3 is 6.09 Å². The Morgan fingerprint density at radius 2 is 2.17 bits per heavy atom. The van der Waals surface area contributed by atoms with E-state index in [-0.39, 0.29) is 12.2 Å². The molecule has 1 fully saturated rings. The van der Waals surface area contributed by atoms with Crippen LogP contribution in [0.25, 0.3) is 0 Å². The Kier molecular flexibility index (Phi) is 4.19. The zero-order valence-corrected chi connectivity index (χ0v) is 10.8. The number of aromatic nitrogens is 2. The average Bonchev–Trinajstić information content (AvgIpc) is 2.39. The Morgan fingerprint density at radius 3 is 2.78 bits per heavy atom. The van der Waals surface area contributed by atoms with Crippen LogP contribution in [0.4, 0.5) is 4.79 Å². The highest BCUT2D eigenvalue weighted by molar-refractivity contribution is 6.29. The molecular weight excluding hydrogens is 258 g/mol.